The second kappa shape index (κ2) is 3.45. The Morgan fingerprint density at radius 2 is 2.00 bits per heavy atom. The van der Waals surface area contributed by atoms with Crippen LogP contribution in [0.25, 0.3) is 0 Å². The van der Waals surface area contributed by atoms with E-state index in [1.165, 1.54) is 0 Å². The summed E-state index contributed by atoms with van der Waals surface area (Å²) in [4.78, 5) is 0. The Morgan fingerprint density at radius 1 is 1.36 bits per heavy atom. The summed E-state index contributed by atoms with van der Waals surface area (Å²) < 4.78 is 16.7. The van der Waals surface area contributed by atoms with Gasteiger partial charge in [-0.05, 0) is 20.3 Å². The molecule has 4 atom stereocenters. The number of ether oxygens (including phenoxy) is 3. The number of nitrogens with two attached hydrogens (primary N) is 1. The van der Waals surface area contributed by atoms with Crippen molar-refractivity contribution >= 4 is 0 Å². The molecular weight excluding hydrogens is 182 g/mol. The molecule has 1 aliphatic heterocycles. The molecule has 0 radical (unpaired) electrons. The smallest absolute Gasteiger partial charge is 0.163 e. The zero-order chi connectivity index (χ0) is 10.3. The van der Waals surface area contributed by atoms with E-state index < -0.39 is 5.79 Å². The lowest BCUT2D eigenvalue weighted by Crippen LogP contribution is -2.35. The van der Waals surface area contributed by atoms with Crippen molar-refractivity contribution in [2.45, 2.75) is 44.3 Å². The fraction of sp³-hybridized carbons (Fsp3) is 1.00. The first kappa shape index (κ1) is 10.4. The fourth-order valence-corrected chi connectivity index (χ4v) is 2.51. The monoisotopic (exact) mass is 201 g/mol. The third-order valence-corrected chi connectivity index (χ3v) is 3.01. The van der Waals surface area contributed by atoms with Crippen LogP contribution in [0.4, 0.5) is 0 Å². The molecule has 1 saturated heterocycles. The Kier molecular flexibility index (Phi) is 2.55. The van der Waals surface area contributed by atoms with Gasteiger partial charge in [-0.1, -0.05) is 0 Å². The van der Waals surface area contributed by atoms with E-state index in [1.54, 1.807) is 7.11 Å². The minimum absolute atomic E-state index is 0.0464. The SMILES string of the molecule is COC[C@H]1C[C@@H](N)[C@@H]2OC(C)(C)O[C@H]12. The highest BCUT2D eigenvalue weighted by Gasteiger charge is 2.52. The van der Waals surface area contributed by atoms with E-state index in [0.717, 1.165) is 6.42 Å². The Labute approximate surface area is 84.7 Å². The molecular formula is C10H19NO3. The summed E-state index contributed by atoms with van der Waals surface area (Å²) in [6, 6.07) is 0.0851. The molecule has 2 fully saturated rings. The zero-order valence-corrected chi connectivity index (χ0v) is 9.03. The zero-order valence-electron chi connectivity index (χ0n) is 9.03. The van der Waals surface area contributed by atoms with Crippen LogP contribution in [0.3, 0.4) is 0 Å². The maximum Gasteiger partial charge on any atom is 0.163 e. The van der Waals surface area contributed by atoms with E-state index in [9.17, 15) is 0 Å². The van der Waals surface area contributed by atoms with Crippen molar-refractivity contribution in [2.75, 3.05) is 13.7 Å². The summed E-state index contributed by atoms with van der Waals surface area (Å²) in [5, 5.41) is 0. The van der Waals surface area contributed by atoms with E-state index in [-0.39, 0.29) is 18.2 Å². The Balaban J connectivity index is 2.07. The van der Waals surface area contributed by atoms with Gasteiger partial charge in [0.2, 0.25) is 0 Å². The van der Waals surface area contributed by atoms with E-state index in [0.29, 0.717) is 12.5 Å². The Hall–Kier alpha value is -0.160. The first-order chi connectivity index (χ1) is 6.53. The highest BCUT2D eigenvalue weighted by atomic mass is 16.8. The molecule has 4 nitrogen and oxygen atoms in total. The third-order valence-electron chi connectivity index (χ3n) is 3.01. The van der Waals surface area contributed by atoms with Gasteiger partial charge < -0.3 is 19.9 Å². The summed E-state index contributed by atoms with van der Waals surface area (Å²) in [7, 11) is 1.71. The van der Waals surface area contributed by atoms with Crippen LogP contribution in [0, 0.1) is 5.92 Å². The van der Waals surface area contributed by atoms with E-state index in [1.807, 2.05) is 13.8 Å². The molecule has 0 aromatic rings. The third kappa shape index (κ3) is 1.67. The summed E-state index contributed by atoms with van der Waals surface area (Å²) in [5.41, 5.74) is 6.00. The fourth-order valence-electron chi connectivity index (χ4n) is 2.51. The lowest BCUT2D eigenvalue weighted by Gasteiger charge is -2.22. The molecule has 14 heavy (non-hydrogen) atoms. The molecule has 1 aliphatic carbocycles. The van der Waals surface area contributed by atoms with E-state index >= 15 is 0 Å². The number of methoxy groups -OCH3 is 1. The normalized spacial score (nSPS) is 45.4. The van der Waals surface area contributed by atoms with Crippen molar-refractivity contribution in [3.8, 4) is 0 Å². The van der Waals surface area contributed by atoms with Gasteiger partial charge >= 0.3 is 0 Å². The largest absolute Gasteiger partial charge is 0.384 e. The van der Waals surface area contributed by atoms with Crippen molar-refractivity contribution in [3.05, 3.63) is 0 Å². The van der Waals surface area contributed by atoms with Crippen molar-refractivity contribution < 1.29 is 14.2 Å². The standard InChI is InChI=1S/C10H19NO3/c1-10(2)13-8-6(5-12-3)4-7(11)9(8)14-10/h6-9H,4-5,11H2,1-3H3/t6-,7-,8-,9+/m1/s1. The van der Waals surface area contributed by atoms with Gasteiger partial charge in [-0.25, -0.2) is 0 Å². The van der Waals surface area contributed by atoms with E-state index in [4.69, 9.17) is 19.9 Å². The van der Waals surface area contributed by atoms with Gasteiger partial charge in [0.1, 0.15) is 6.10 Å². The maximum absolute atomic E-state index is 6.00. The van der Waals surface area contributed by atoms with Gasteiger partial charge in [0.15, 0.2) is 5.79 Å². The van der Waals surface area contributed by atoms with Gasteiger partial charge in [0.25, 0.3) is 0 Å². The minimum atomic E-state index is -0.487. The van der Waals surface area contributed by atoms with Crippen LogP contribution < -0.4 is 5.73 Å². The molecule has 0 amide bonds. The van der Waals surface area contributed by atoms with Crippen molar-refractivity contribution in [1.82, 2.24) is 0 Å². The number of rotatable bonds is 2. The molecule has 0 spiro atoms. The quantitative estimate of drug-likeness (QED) is 0.707. The summed E-state index contributed by atoms with van der Waals surface area (Å²) in [5.74, 6) is -0.110. The van der Waals surface area contributed by atoms with Crippen LogP contribution in [-0.2, 0) is 14.2 Å². The lowest BCUT2D eigenvalue weighted by molar-refractivity contribution is -0.159. The molecule has 1 saturated carbocycles. The summed E-state index contributed by atoms with van der Waals surface area (Å²) >= 11 is 0. The van der Waals surface area contributed by atoms with Gasteiger partial charge in [-0.15, -0.1) is 0 Å². The van der Waals surface area contributed by atoms with Crippen molar-refractivity contribution in [2.24, 2.45) is 11.7 Å². The van der Waals surface area contributed by atoms with Crippen LogP contribution in [0.15, 0.2) is 0 Å². The second-order valence-corrected chi connectivity index (χ2v) is 4.68. The highest BCUT2D eigenvalue weighted by Crippen LogP contribution is 2.40. The topological polar surface area (TPSA) is 53.7 Å². The molecule has 0 aromatic carbocycles. The van der Waals surface area contributed by atoms with Gasteiger partial charge in [0, 0.05) is 19.1 Å². The average Bonchev–Trinajstić information content (AvgIpc) is 2.51. The van der Waals surface area contributed by atoms with Crippen LogP contribution in [0.5, 0.6) is 0 Å². The number of hydrogen-bond acceptors (Lipinski definition) is 4. The van der Waals surface area contributed by atoms with Crippen LogP contribution >= 0.6 is 0 Å². The molecule has 2 rings (SSSR count). The summed E-state index contributed by atoms with van der Waals surface area (Å²) in [6.45, 7) is 4.57. The molecule has 2 aliphatic rings. The van der Waals surface area contributed by atoms with E-state index in [2.05, 4.69) is 0 Å². The molecule has 0 unspecified atom stereocenters. The Morgan fingerprint density at radius 3 is 2.64 bits per heavy atom. The van der Waals surface area contributed by atoms with Crippen LogP contribution in [0.2, 0.25) is 0 Å². The average molecular weight is 201 g/mol. The minimum Gasteiger partial charge on any atom is -0.384 e. The molecule has 4 heteroatoms. The first-order valence-electron chi connectivity index (χ1n) is 5.13. The van der Waals surface area contributed by atoms with Crippen molar-refractivity contribution in [3.63, 3.8) is 0 Å². The molecule has 1 heterocycles. The molecule has 0 bridgehead atoms. The van der Waals surface area contributed by atoms with Gasteiger partial charge in [-0.3, -0.25) is 0 Å². The predicted molar refractivity (Wildman–Crippen MR) is 51.8 cm³/mol. The lowest BCUT2D eigenvalue weighted by atomic mass is 10.1. The van der Waals surface area contributed by atoms with Crippen LogP contribution in [0.1, 0.15) is 20.3 Å². The Bertz CT molecular complexity index is 219. The maximum atomic E-state index is 6.00. The van der Waals surface area contributed by atoms with Crippen molar-refractivity contribution in [1.29, 1.82) is 0 Å². The summed E-state index contributed by atoms with van der Waals surface area (Å²) in [6.07, 6.45) is 1.09. The molecule has 82 valence electrons. The number of hydrogen-bond donors (Lipinski definition) is 1. The first-order valence-corrected chi connectivity index (χ1v) is 5.13. The molecule has 0 aromatic heterocycles. The van der Waals surface area contributed by atoms with Gasteiger partial charge in [-0.2, -0.15) is 0 Å². The second-order valence-electron chi connectivity index (χ2n) is 4.68. The highest BCUT2D eigenvalue weighted by molar-refractivity contribution is 5.00. The molecule has 2 N–H and O–H groups in total. The van der Waals surface area contributed by atoms with Gasteiger partial charge in [0.05, 0.1) is 12.7 Å². The van der Waals surface area contributed by atoms with Crippen LogP contribution in [-0.4, -0.2) is 37.8 Å². The predicted octanol–water partition coefficient (Wildman–Crippen LogP) is 0.500. The number of fused-ring (bicyclic) bond motifs is 1.